The number of carbonyl (C=O) groups excluding carboxylic acids is 1. The Hall–Kier alpha value is -2.18. The van der Waals surface area contributed by atoms with Crippen LogP contribution in [0.1, 0.15) is 41.6 Å². The molecule has 3 heterocycles. The normalized spacial score (nSPS) is 15.1. The molecule has 1 aliphatic rings. The van der Waals surface area contributed by atoms with Crippen molar-refractivity contribution < 1.29 is 9.21 Å². The molecule has 0 atom stereocenters. The Balaban J connectivity index is 1.51. The Kier molecular flexibility index (Phi) is 4.55. The highest BCUT2D eigenvalue weighted by Gasteiger charge is 2.19. The third kappa shape index (κ3) is 3.45. The van der Waals surface area contributed by atoms with Crippen LogP contribution in [0.3, 0.4) is 0 Å². The molecule has 1 fully saturated rings. The second-order valence-electron chi connectivity index (χ2n) is 6.38. The van der Waals surface area contributed by atoms with Gasteiger partial charge in [0.15, 0.2) is 5.76 Å². The standard InChI is InChI=1S/C19H21N3O2S/c1-2-16-13(11-22-7-3-4-8-22)9-17(24-16)19(23)21-14-5-6-18-15(10-14)20-12-25-18/h5-6,9-10,12H,2-4,7-8,11H2,1H3,(H,21,23). The zero-order valence-electron chi connectivity index (χ0n) is 14.2. The van der Waals surface area contributed by atoms with E-state index in [1.165, 1.54) is 12.8 Å². The van der Waals surface area contributed by atoms with Crippen molar-refractivity contribution in [3.05, 3.63) is 46.9 Å². The number of amides is 1. The predicted octanol–water partition coefficient (Wildman–Crippen LogP) is 4.30. The van der Waals surface area contributed by atoms with Gasteiger partial charge in [-0.05, 0) is 50.2 Å². The molecule has 0 radical (unpaired) electrons. The van der Waals surface area contributed by atoms with Crippen LogP contribution in [0.4, 0.5) is 5.69 Å². The molecule has 0 bridgehead atoms. The highest BCUT2D eigenvalue weighted by atomic mass is 32.1. The van der Waals surface area contributed by atoms with Gasteiger partial charge in [0, 0.05) is 24.2 Å². The summed E-state index contributed by atoms with van der Waals surface area (Å²) in [5.41, 5.74) is 4.57. The summed E-state index contributed by atoms with van der Waals surface area (Å²) in [6, 6.07) is 7.65. The quantitative estimate of drug-likeness (QED) is 0.741. The number of likely N-dealkylation sites (tertiary alicyclic amines) is 1. The molecule has 130 valence electrons. The molecule has 25 heavy (non-hydrogen) atoms. The summed E-state index contributed by atoms with van der Waals surface area (Å²) in [5, 5.41) is 2.92. The summed E-state index contributed by atoms with van der Waals surface area (Å²) in [6.07, 6.45) is 3.30. The number of furan rings is 1. The van der Waals surface area contributed by atoms with Crippen molar-refractivity contribution >= 4 is 33.1 Å². The Morgan fingerprint density at radius 3 is 2.96 bits per heavy atom. The number of hydrogen-bond acceptors (Lipinski definition) is 5. The molecule has 0 spiro atoms. The third-order valence-corrected chi connectivity index (χ3v) is 5.43. The van der Waals surface area contributed by atoms with Gasteiger partial charge in [-0.3, -0.25) is 9.69 Å². The molecular weight excluding hydrogens is 334 g/mol. The number of thiazole rings is 1. The maximum Gasteiger partial charge on any atom is 0.291 e. The van der Waals surface area contributed by atoms with Crippen molar-refractivity contribution in [2.24, 2.45) is 0 Å². The SMILES string of the molecule is CCc1oc(C(=O)Nc2ccc3scnc3c2)cc1CN1CCCC1. The molecule has 0 unspecified atom stereocenters. The highest BCUT2D eigenvalue weighted by molar-refractivity contribution is 7.16. The van der Waals surface area contributed by atoms with E-state index < -0.39 is 0 Å². The van der Waals surface area contributed by atoms with Gasteiger partial charge in [0.25, 0.3) is 5.91 Å². The van der Waals surface area contributed by atoms with Crippen LogP contribution in [0, 0.1) is 0 Å². The second-order valence-corrected chi connectivity index (χ2v) is 7.27. The van der Waals surface area contributed by atoms with E-state index >= 15 is 0 Å². The van der Waals surface area contributed by atoms with Crippen molar-refractivity contribution in [3.63, 3.8) is 0 Å². The van der Waals surface area contributed by atoms with E-state index in [1.807, 2.05) is 24.3 Å². The first-order valence-electron chi connectivity index (χ1n) is 8.71. The van der Waals surface area contributed by atoms with Crippen LogP contribution < -0.4 is 5.32 Å². The van der Waals surface area contributed by atoms with Crippen LogP contribution in [0.15, 0.2) is 34.2 Å². The lowest BCUT2D eigenvalue weighted by atomic mass is 10.2. The number of fused-ring (bicyclic) bond motifs is 1. The third-order valence-electron chi connectivity index (χ3n) is 4.62. The Bertz CT molecular complexity index is 893. The van der Waals surface area contributed by atoms with Gasteiger partial charge >= 0.3 is 0 Å². The van der Waals surface area contributed by atoms with Gasteiger partial charge < -0.3 is 9.73 Å². The van der Waals surface area contributed by atoms with E-state index in [0.29, 0.717) is 5.76 Å². The number of hydrogen-bond donors (Lipinski definition) is 1. The van der Waals surface area contributed by atoms with Crippen LogP contribution in [-0.4, -0.2) is 28.9 Å². The smallest absolute Gasteiger partial charge is 0.291 e. The summed E-state index contributed by atoms with van der Waals surface area (Å²) in [6.45, 7) is 5.18. The second kappa shape index (κ2) is 6.98. The van der Waals surface area contributed by atoms with Crippen LogP contribution in [0.5, 0.6) is 0 Å². The van der Waals surface area contributed by atoms with Crippen molar-refractivity contribution in [2.45, 2.75) is 32.7 Å². The number of aromatic nitrogens is 1. The van der Waals surface area contributed by atoms with Crippen LogP contribution >= 0.6 is 11.3 Å². The van der Waals surface area contributed by atoms with Crippen LogP contribution in [0.25, 0.3) is 10.2 Å². The van der Waals surface area contributed by atoms with Crippen molar-refractivity contribution in [1.82, 2.24) is 9.88 Å². The molecule has 1 amide bonds. The maximum atomic E-state index is 12.6. The first-order chi connectivity index (χ1) is 12.2. The Morgan fingerprint density at radius 1 is 1.32 bits per heavy atom. The van der Waals surface area contributed by atoms with Crippen molar-refractivity contribution in [1.29, 1.82) is 0 Å². The monoisotopic (exact) mass is 355 g/mol. The molecule has 6 heteroatoms. The van der Waals surface area contributed by atoms with Crippen LogP contribution in [0.2, 0.25) is 0 Å². The number of benzene rings is 1. The summed E-state index contributed by atoms with van der Waals surface area (Å²) < 4.78 is 6.94. The largest absolute Gasteiger partial charge is 0.456 e. The number of aryl methyl sites for hydroxylation is 1. The average Bonchev–Trinajstić information content (AvgIpc) is 3.35. The molecular formula is C19H21N3O2S. The number of nitrogens with zero attached hydrogens (tertiary/aromatic N) is 2. The fourth-order valence-electron chi connectivity index (χ4n) is 3.32. The zero-order chi connectivity index (χ0) is 17.2. The Morgan fingerprint density at radius 2 is 2.16 bits per heavy atom. The van der Waals surface area contributed by atoms with Gasteiger partial charge in [0.05, 0.1) is 15.7 Å². The lowest BCUT2D eigenvalue weighted by Crippen LogP contribution is -2.18. The van der Waals surface area contributed by atoms with E-state index in [-0.39, 0.29) is 5.91 Å². The van der Waals surface area contributed by atoms with Gasteiger partial charge in [-0.1, -0.05) is 6.92 Å². The summed E-state index contributed by atoms with van der Waals surface area (Å²) in [4.78, 5) is 19.3. The van der Waals surface area contributed by atoms with Crippen molar-refractivity contribution in [3.8, 4) is 0 Å². The van der Waals surface area contributed by atoms with Gasteiger partial charge in [-0.2, -0.15) is 0 Å². The van der Waals surface area contributed by atoms with E-state index in [2.05, 4.69) is 22.1 Å². The molecule has 2 aromatic heterocycles. The van der Waals surface area contributed by atoms with Crippen molar-refractivity contribution in [2.75, 3.05) is 18.4 Å². The first kappa shape index (κ1) is 16.3. The zero-order valence-corrected chi connectivity index (χ0v) is 15.1. The maximum absolute atomic E-state index is 12.6. The Labute approximate surface area is 150 Å². The summed E-state index contributed by atoms with van der Waals surface area (Å²) >= 11 is 1.59. The summed E-state index contributed by atoms with van der Waals surface area (Å²) in [5.74, 6) is 1.08. The molecule has 0 aliphatic carbocycles. The minimum atomic E-state index is -0.211. The average molecular weight is 355 g/mol. The van der Waals surface area contributed by atoms with Gasteiger partial charge in [-0.15, -0.1) is 11.3 Å². The minimum absolute atomic E-state index is 0.211. The predicted molar refractivity (Wildman–Crippen MR) is 100 cm³/mol. The topological polar surface area (TPSA) is 58.4 Å². The van der Waals surface area contributed by atoms with Crippen LogP contribution in [-0.2, 0) is 13.0 Å². The fourth-order valence-corrected chi connectivity index (χ4v) is 3.98. The highest BCUT2D eigenvalue weighted by Crippen LogP contribution is 2.24. The minimum Gasteiger partial charge on any atom is -0.456 e. The van der Waals surface area contributed by atoms with Gasteiger partial charge in [0.2, 0.25) is 0 Å². The molecule has 1 N–H and O–H groups in total. The molecule has 3 aromatic rings. The molecule has 1 aliphatic heterocycles. The number of rotatable bonds is 5. The number of nitrogens with one attached hydrogen (secondary N) is 1. The lowest BCUT2D eigenvalue weighted by Gasteiger charge is -2.13. The van der Waals surface area contributed by atoms with E-state index in [0.717, 1.165) is 53.3 Å². The molecule has 0 saturated carbocycles. The van der Waals surface area contributed by atoms with Gasteiger partial charge in [-0.25, -0.2) is 4.98 Å². The van der Waals surface area contributed by atoms with Gasteiger partial charge in [0.1, 0.15) is 5.76 Å². The number of carbonyl (C=O) groups is 1. The van der Waals surface area contributed by atoms with E-state index in [4.69, 9.17) is 4.42 Å². The number of anilines is 1. The summed E-state index contributed by atoms with van der Waals surface area (Å²) in [7, 11) is 0. The lowest BCUT2D eigenvalue weighted by molar-refractivity contribution is 0.0995. The first-order valence-corrected chi connectivity index (χ1v) is 9.59. The molecule has 5 nitrogen and oxygen atoms in total. The van der Waals surface area contributed by atoms with E-state index in [9.17, 15) is 4.79 Å². The fraction of sp³-hybridized carbons (Fsp3) is 0.368. The molecule has 1 saturated heterocycles. The molecule has 4 rings (SSSR count). The molecule has 1 aromatic carbocycles. The van der Waals surface area contributed by atoms with E-state index in [1.54, 1.807) is 16.8 Å².